The van der Waals surface area contributed by atoms with E-state index in [-0.39, 0.29) is 12.5 Å². The van der Waals surface area contributed by atoms with Crippen molar-refractivity contribution < 1.29 is 32.4 Å². The highest BCUT2D eigenvalue weighted by Gasteiger charge is 2.16. The smallest absolute Gasteiger partial charge is 0.275 e. The van der Waals surface area contributed by atoms with Gasteiger partial charge in [-0.15, -0.1) is 0 Å². The number of benzene rings is 2. The van der Waals surface area contributed by atoms with Crippen LogP contribution >= 0.6 is 0 Å². The molecule has 9 heteroatoms. The minimum atomic E-state index is -1.67. The van der Waals surface area contributed by atoms with Crippen LogP contribution in [0.25, 0.3) is 0 Å². The molecule has 0 bridgehead atoms. The minimum Gasteiger partial charge on any atom is -0.494 e. The van der Waals surface area contributed by atoms with E-state index >= 15 is 0 Å². The van der Waals surface area contributed by atoms with Crippen LogP contribution in [0.4, 0.5) is 18.9 Å². The number of anilines is 1. The standard InChI is InChI=1S/C20H22F3N3O3/c1-3-29-14-6-4-13(5-7-14)11-26(2)12-18(28)24-10-17(27)25-16-9-8-15(21)19(22)20(16)23/h4-9H,3,10-12H2,1-2H3,(H,24,28)(H,25,27)/p+1. The molecule has 0 aliphatic heterocycles. The van der Waals surface area contributed by atoms with Crippen LogP contribution in [-0.2, 0) is 16.1 Å². The predicted octanol–water partition coefficient (Wildman–Crippen LogP) is 1.27. The largest absolute Gasteiger partial charge is 0.494 e. The van der Waals surface area contributed by atoms with E-state index in [1.807, 2.05) is 38.2 Å². The number of hydrogen-bond donors (Lipinski definition) is 3. The van der Waals surface area contributed by atoms with Gasteiger partial charge in [-0.1, -0.05) is 0 Å². The maximum absolute atomic E-state index is 13.5. The van der Waals surface area contributed by atoms with Gasteiger partial charge in [0.15, 0.2) is 24.0 Å². The number of halogens is 3. The van der Waals surface area contributed by atoms with E-state index in [1.54, 1.807) is 0 Å². The SMILES string of the molecule is CCOc1ccc(C[NH+](C)CC(=O)NCC(=O)Nc2ccc(F)c(F)c2F)cc1. The fourth-order valence-corrected chi connectivity index (χ4v) is 2.61. The molecule has 2 aromatic rings. The molecule has 29 heavy (non-hydrogen) atoms. The molecule has 0 spiro atoms. The van der Waals surface area contributed by atoms with Gasteiger partial charge in [0.25, 0.3) is 5.91 Å². The summed E-state index contributed by atoms with van der Waals surface area (Å²) in [4.78, 5) is 24.7. The Kier molecular flexibility index (Phi) is 8.02. The quantitative estimate of drug-likeness (QED) is 0.546. The molecular weight excluding hydrogens is 387 g/mol. The zero-order valence-corrected chi connectivity index (χ0v) is 16.2. The summed E-state index contributed by atoms with van der Waals surface area (Å²) in [5.41, 5.74) is 0.520. The Labute approximate surface area is 166 Å². The number of carbonyl (C=O) groups is 2. The number of nitrogens with one attached hydrogen (secondary N) is 3. The van der Waals surface area contributed by atoms with Gasteiger partial charge in [-0.05, 0) is 43.3 Å². The molecule has 1 unspecified atom stereocenters. The van der Waals surface area contributed by atoms with E-state index < -0.39 is 35.6 Å². The number of quaternary nitrogens is 1. The molecule has 156 valence electrons. The maximum atomic E-state index is 13.5. The topological polar surface area (TPSA) is 71.9 Å². The molecule has 0 fully saturated rings. The molecule has 2 aromatic carbocycles. The van der Waals surface area contributed by atoms with Crippen LogP contribution in [0.5, 0.6) is 5.75 Å². The first-order chi connectivity index (χ1) is 13.8. The van der Waals surface area contributed by atoms with Crippen LogP contribution in [-0.4, -0.2) is 38.6 Å². The fourth-order valence-electron chi connectivity index (χ4n) is 2.61. The van der Waals surface area contributed by atoms with Gasteiger partial charge in [0, 0.05) is 5.56 Å². The highest BCUT2D eigenvalue weighted by molar-refractivity contribution is 5.94. The fraction of sp³-hybridized carbons (Fsp3) is 0.300. The van der Waals surface area contributed by atoms with Crippen LogP contribution in [0.1, 0.15) is 12.5 Å². The predicted molar refractivity (Wildman–Crippen MR) is 101 cm³/mol. The summed E-state index contributed by atoms with van der Waals surface area (Å²) in [5, 5.41) is 4.50. The third kappa shape index (κ3) is 6.79. The highest BCUT2D eigenvalue weighted by Crippen LogP contribution is 2.19. The lowest BCUT2D eigenvalue weighted by atomic mass is 10.2. The zero-order valence-electron chi connectivity index (χ0n) is 16.2. The summed E-state index contributed by atoms with van der Waals surface area (Å²) < 4.78 is 45.0. The van der Waals surface area contributed by atoms with Crippen molar-refractivity contribution in [2.24, 2.45) is 0 Å². The van der Waals surface area contributed by atoms with Crippen molar-refractivity contribution in [1.82, 2.24) is 5.32 Å². The molecule has 3 N–H and O–H groups in total. The molecule has 0 heterocycles. The molecule has 2 rings (SSSR count). The van der Waals surface area contributed by atoms with E-state index in [2.05, 4.69) is 10.6 Å². The first kappa shape index (κ1) is 22.2. The van der Waals surface area contributed by atoms with Crippen LogP contribution in [0.2, 0.25) is 0 Å². The Balaban J connectivity index is 1.77. The minimum absolute atomic E-state index is 0.111. The number of hydrogen-bond acceptors (Lipinski definition) is 3. The molecular formula is C20H23F3N3O3+. The Morgan fingerprint density at radius 1 is 1.00 bits per heavy atom. The van der Waals surface area contributed by atoms with Gasteiger partial charge < -0.3 is 20.3 Å². The van der Waals surface area contributed by atoms with Gasteiger partial charge in [0.05, 0.1) is 25.9 Å². The molecule has 0 aliphatic carbocycles. The average Bonchev–Trinajstić information content (AvgIpc) is 2.68. The monoisotopic (exact) mass is 410 g/mol. The number of amides is 2. The molecule has 1 atom stereocenters. The van der Waals surface area contributed by atoms with Crippen LogP contribution in [0, 0.1) is 17.5 Å². The van der Waals surface area contributed by atoms with Crippen molar-refractivity contribution >= 4 is 17.5 Å². The maximum Gasteiger partial charge on any atom is 0.275 e. The van der Waals surface area contributed by atoms with E-state index in [4.69, 9.17) is 4.74 Å². The molecule has 0 saturated heterocycles. The van der Waals surface area contributed by atoms with Crippen molar-refractivity contribution in [3.63, 3.8) is 0 Å². The molecule has 0 aromatic heterocycles. The van der Waals surface area contributed by atoms with Gasteiger partial charge in [0.1, 0.15) is 12.3 Å². The second-order valence-electron chi connectivity index (χ2n) is 6.44. The van der Waals surface area contributed by atoms with Crippen LogP contribution in [0.3, 0.4) is 0 Å². The highest BCUT2D eigenvalue weighted by atomic mass is 19.2. The van der Waals surface area contributed by atoms with Crippen LogP contribution in [0.15, 0.2) is 36.4 Å². The van der Waals surface area contributed by atoms with Gasteiger partial charge in [-0.3, -0.25) is 9.59 Å². The normalized spacial score (nSPS) is 11.6. The van der Waals surface area contributed by atoms with Crippen molar-refractivity contribution in [3.8, 4) is 5.75 Å². The van der Waals surface area contributed by atoms with Crippen molar-refractivity contribution in [2.75, 3.05) is 32.1 Å². The van der Waals surface area contributed by atoms with E-state index in [0.29, 0.717) is 19.2 Å². The van der Waals surface area contributed by atoms with Crippen LogP contribution < -0.4 is 20.3 Å². The lowest BCUT2D eigenvalue weighted by Crippen LogP contribution is -3.08. The Hall–Kier alpha value is -3.07. The lowest BCUT2D eigenvalue weighted by molar-refractivity contribution is -0.885. The molecule has 0 saturated carbocycles. The van der Waals surface area contributed by atoms with Gasteiger partial charge in [-0.2, -0.15) is 0 Å². The second-order valence-corrected chi connectivity index (χ2v) is 6.44. The second kappa shape index (κ2) is 10.5. The lowest BCUT2D eigenvalue weighted by Gasteiger charge is -2.14. The summed E-state index contributed by atoms with van der Waals surface area (Å²) >= 11 is 0. The van der Waals surface area contributed by atoms with Crippen molar-refractivity contribution in [1.29, 1.82) is 0 Å². The first-order valence-corrected chi connectivity index (χ1v) is 9.03. The van der Waals surface area contributed by atoms with E-state index in [1.165, 1.54) is 0 Å². The Morgan fingerprint density at radius 2 is 1.69 bits per heavy atom. The molecule has 0 aliphatic rings. The van der Waals surface area contributed by atoms with Gasteiger partial charge >= 0.3 is 0 Å². The molecule has 6 nitrogen and oxygen atoms in total. The van der Waals surface area contributed by atoms with Crippen molar-refractivity contribution in [3.05, 3.63) is 59.4 Å². The van der Waals surface area contributed by atoms with E-state index in [9.17, 15) is 22.8 Å². The Morgan fingerprint density at radius 3 is 2.34 bits per heavy atom. The third-order valence-corrected chi connectivity index (χ3v) is 3.96. The molecule has 0 radical (unpaired) electrons. The number of ether oxygens (including phenoxy) is 1. The summed E-state index contributed by atoms with van der Waals surface area (Å²) in [7, 11) is 1.83. The van der Waals surface area contributed by atoms with Gasteiger partial charge in [0.2, 0.25) is 5.91 Å². The summed E-state index contributed by atoms with van der Waals surface area (Å²) in [6.45, 7) is 2.76. The van der Waals surface area contributed by atoms with E-state index in [0.717, 1.165) is 22.3 Å². The van der Waals surface area contributed by atoms with Gasteiger partial charge in [-0.25, -0.2) is 13.2 Å². The zero-order chi connectivity index (χ0) is 21.4. The molecule has 2 amide bonds. The van der Waals surface area contributed by atoms with Crippen molar-refractivity contribution in [2.45, 2.75) is 13.5 Å². The average molecular weight is 410 g/mol. The summed E-state index contributed by atoms with van der Waals surface area (Å²) in [6, 6.07) is 9.14. The first-order valence-electron chi connectivity index (χ1n) is 9.03. The summed E-state index contributed by atoms with van der Waals surface area (Å²) in [6.07, 6.45) is 0. The third-order valence-electron chi connectivity index (χ3n) is 3.96. The number of likely N-dealkylation sites (N-methyl/N-ethyl adjacent to an activating group) is 1. The summed E-state index contributed by atoms with van der Waals surface area (Å²) in [5.74, 6) is -4.89. The number of carbonyl (C=O) groups excluding carboxylic acids is 2. The number of rotatable bonds is 9. The Bertz CT molecular complexity index is 860.